The van der Waals surface area contributed by atoms with Gasteiger partial charge >= 0.3 is 0 Å². The van der Waals surface area contributed by atoms with Crippen molar-refractivity contribution in [3.05, 3.63) is 41.7 Å². The molecule has 0 unspecified atom stereocenters. The molecular formula is C16H20N4O. The Kier molecular flexibility index (Phi) is 3.90. The van der Waals surface area contributed by atoms with Gasteiger partial charge < -0.3 is 10.6 Å². The molecule has 5 heteroatoms. The summed E-state index contributed by atoms with van der Waals surface area (Å²) in [4.78, 5) is 11.4. The summed E-state index contributed by atoms with van der Waals surface area (Å²) in [6.45, 7) is 3.85. The van der Waals surface area contributed by atoms with Gasteiger partial charge in [0.2, 0.25) is 5.91 Å². The van der Waals surface area contributed by atoms with E-state index in [4.69, 9.17) is 0 Å². The van der Waals surface area contributed by atoms with E-state index in [2.05, 4.69) is 28.7 Å². The number of hydrogen-bond acceptors (Lipinski definition) is 3. The maximum absolute atomic E-state index is 11.4. The van der Waals surface area contributed by atoms with Gasteiger partial charge in [-0.2, -0.15) is 5.10 Å². The third-order valence-corrected chi connectivity index (χ3v) is 3.71. The van der Waals surface area contributed by atoms with Gasteiger partial charge in [0.05, 0.1) is 12.2 Å². The molecule has 0 saturated carbocycles. The molecule has 2 heterocycles. The van der Waals surface area contributed by atoms with Crippen LogP contribution in [0.3, 0.4) is 0 Å². The van der Waals surface area contributed by atoms with Crippen molar-refractivity contribution in [3.8, 4) is 0 Å². The summed E-state index contributed by atoms with van der Waals surface area (Å²) in [6, 6.07) is 8.14. The first kappa shape index (κ1) is 13.7. The van der Waals surface area contributed by atoms with E-state index >= 15 is 0 Å². The molecule has 2 N–H and O–H groups in total. The molecule has 0 bridgehead atoms. The number of carbonyl (C=O) groups is 1. The van der Waals surface area contributed by atoms with Gasteiger partial charge in [-0.05, 0) is 42.7 Å². The molecule has 5 nitrogen and oxygen atoms in total. The molecule has 110 valence electrons. The van der Waals surface area contributed by atoms with Crippen LogP contribution in [0.4, 0.5) is 11.4 Å². The molecule has 0 saturated heterocycles. The van der Waals surface area contributed by atoms with Gasteiger partial charge in [0.25, 0.3) is 0 Å². The van der Waals surface area contributed by atoms with E-state index in [0.717, 1.165) is 37.3 Å². The lowest BCUT2D eigenvalue weighted by molar-refractivity contribution is -0.116. The summed E-state index contributed by atoms with van der Waals surface area (Å²) < 4.78 is 2.03. The minimum atomic E-state index is 0.103. The van der Waals surface area contributed by atoms with Crippen molar-refractivity contribution in [2.75, 3.05) is 10.6 Å². The third kappa shape index (κ3) is 3.07. The standard InChI is InChI=1S/C16H20N4O/c1-2-9-20-14(7-8-18-20)11-17-13-4-5-15-12(10-13)3-6-16(21)19-15/h4-5,7-8,10,17H,2-3,6,9,11H2,1H3,(H,19,21). The Morgan fingerprint density at radius 3 is 3.10 bits per heavy atom. The van der Waals surface area contributed by atoms with Crippen LogP contribution in [0.2, 0.25) is 0 Å². The topological polar surface area (TPSA) is 59.0 Å². The van der Waals surface area contributed by atoms with Gasteiger partial charge in [-0.3, -0.25) is 9.48 Å². The number of nitrogens with one attached hydrogen (secondary N) is 2. The number of nitrogens with zero attached hydrogens (tertiary/aromatic N) is 2. The fraction of sp³-hybridized carbons (Fsp3) is 0.375. The second-order valence-corrected chi connectivity index (χ2v) is 5.32. The van der Waals surface area contributed by atoms with Gasteiger partial charge in [-0.25, -0.2) is 0 Å². The van der Waals surface area contributed by atoms with Crippen molar-refractivity contribution in [1.29, 1.82) is 0 Å². The Morgan fingerprint density at radius 2 is 2.24 bits per heavy atom. The highest BCUT2D eigenvalue weighted by Gasteiger charge is 2.14. The molecule has 1 amide bonds. The average Bonchev–Trinajstić information content (AvgIpc) is 2.93. The monoisotopic (exact) mass is 284 g/mol. The lowest BCUT2D eigenvalue weighted by Crippen LogP contribution is -2.19. The number of rotatable bonds is 5. The van der Waals surface area contributed by atoms with Crippen LogP contribution in [0.5, 0.6) is 0 Å². The van der Waals surface area contributed by atoms with Gasteiger partial charge in [0, 0.05) is 30.5 Å². The summed E-state index contributed by atoms with van der Waals surface area (Å²) >= 11 is 0. The van der Waals surface area contributed by atoms with E-state index in [1.54, 1.807) is 0 Å². The van der Waals surface area contributed by atoms with Crippen LogP contribution in [0.25, 0.3) is 0 Å². The van der Waals surface area contributed by atoms with E-state index in [9.17, 15) is 4.79 Å². The fourth-order valence-electron chi connectivity index (χ4n) is 2.61. The predicted molar refractivity (Wildman–Crippen MR) is 83.2 cm³/mol. The number of amides is 1. The van der Waals surface area contributed by atoms with Crippen molar-refractivity contribution in [3.63, 3.8) is 0 Å². The zero-order valence-electron chi connectivity index (χ0n) is 12.2. The highest BCUT2D eigenvalue weighted by molar-refractivity contribution is 5.94. The van der Waals surface area contributed by atoms with Crippen LogP contribution in [0.1, 0.15) is 31.0 Å². The maximum Gasteiger partial charge on any atom is 0.224 e. The largest absolute Gasteiger partial charge is 0.379 e. The van der Waals surface area contributed by atoms with Crippen molar-refractivity contribution in [2.45, 2.75) is 39.3 Å². The molecule has 0 atom stereocenters. The summed E-state index contributed by atoms with van der Waals surface area (Å²) in [7, 11) is 0. The minimum Gasteiger partial charge on any atom is -0.379 e. The van der Waals surface area contributed by atoms with Gasteiger partial charge in [-0.15, -0.1) is 0 Å². The van der Waals surface area contributed by atoms with Crippen molar-refractivity contribution in [2.24, 2.45) is 0 Å². The first-order valence-electron chi connectivity index (χ1n) is 7.43. The molecule has 2 aromatic rings. The molecule has 0 radical (unpaired) electrons. The van der Waals surface area contributed by atoms with Crippen molar-refractivity contribution < 1.29 is 4.79 Å². The number of anilines is 2. The molecule has 0 fully saturated rings. The molecule has 0 aliphatic carbocycles. The maximum atomic E-state index is 11.4. The number of carbonyl (C=O) groups excluding carboxylic acids is 1. The zero-order valence-corrected chi connectivity index (χ0v) is 12.2. The SMILES string of the molecule is CCCn1nccc1CNc1ccc2c(c1)CCC(=O)N2. The summed E-state index contributed by atoms with van der Waals surface area (Å²) in [5, 5.41) is 10.7. The molecule has 21 heavy (non-hydrogen) atoms. The molecule has 1 aliphatic rings. The number of aryl methyl sites for hydroxylation is 2. The number of benzene rings is 1. The van der Waals surface area contributed by atoms with Crippen LogP contribution in [0, 0.1) is 0 Å². The Morgan fingerprint density at radius 1 is 1.33 bits per heavy atom. The van der Waals surface area contributed by atoms with Crippen LogP contribution < -0.4 is 10.6 Å². The van der Waals surface area contributed by atoms with Gasteiger partial charge in [0.1, 0.15) is 0 Å². The first-order valence-corrected chi connectivity index (χ1v) is 7.43. The summed E-state index contributed by atoms with van der Waals surface area (Å²) in [5.41, 5.74) is 4.39. The Labute approximate surface area is 124 Å². The highest BCUT2D eigenvalue weighted by atomic mass is 16.1. The van der Waals surface area contributed by atoms with E-state index in [0.29, 0.717) is 6.42 Å². The predicted octanol–water partition coefficient (Wildman–Crippen LogP) is 2.79. The van der Waals surface area contributed by atoms with E-state index in [1.807, 2.05) is 29.1 Å². The third-order valence-electron chi connectivity index (χ3n) is 3.71. The quantitative estimate of drug-likeness (QED) is 0.887. The van der Waals surface area contributed by atoms with Crippen LogP contribution in [-0.2, 0) is 24.3 Å². The smallest absolute Gasteiger partial charge is 0.224 e. The Bertz CT molecular complexity index is 647. The van der Waals surface area contributed by atoms with Gasteiger partial charge in [-0.1, -0.05) is 6.92 Å². The Hall–Kier alpha value is -2.30. The van der Waals surface area contributed by atoms with E-state index in [-0.39, 0.29) is 5.91 Å². The molecule has 1 aromatic heterocycles. The normalized spacial score (nSPS) is 13.7. The molecular weight excluding hydrogens is 264 g/mol. The lowest BCUT2D eigenvalue weighted by atomic mass is 10.0. The number of fused-ring (bicyclic) bond motifs is 1. The van der Waals surface area contributed by atoms with Crippen molar-refractivity contribution in [1.82, 2.24) is 9.78 Å². The zero-order chi connectivity index (χ0) is 14.7. The summed E-state index contributed by atoms with van der Waals surface area (Å²) in [5.74, 6) is 0.103. The molecule has 1 aromatic carbocycles. The fourth-order valence-corrected chi connectivity index (χ4v) is 2.61. The lowest BCUT2D eigenvalue weighted by Gasteiger charge is -2.18. The second-order valence-electron chi connectivity index (χ2n) is 5.32. The first-order chi connectivity index (χ1) is 10.3. The van der Waals surface area contributed by atoms with Crippen LogP contribution >= 0.6 is 0 Å². The highest BCUT2D eigenvalue weighted by Crippen LogP contribution is 2.25. The number of aromatic nitrogens is 2. The minimum absolute atomic E-state index is 0.103. The van der Waals surface area contributed by atoms with E-state index < -0.39 is 0 Å². The molecule has 0 spiro atoms. The van der Waals surface area contributed by atoms with Crippen LogP contribution in [-0.4, -0.2) is 15.7 Å². The van der Waals surface area contributed by atoms with E-state index in [1.165, 1.54) is 11.3 Å². The van der Waals surface area contributed by atoms with Crippen LogP contribution in [0.15, 0.2) is 30.5 Å². The van der Waals surface area contributed by atoms with Gasteiger partial charge in [0.15, 0.2) is 0 Å². The Balaban J connectivity index is 1.68. The number of hydrogen-bond donors (Lipinski definition) is 2. The second kappa shape index (κ2) is 5.99. The average molecular weight is 284 g/mol. The summed E-state index contributed by atoms with van der Waals surface area (Å²) in [6.07, 6.45) is 4.30. The molecule has 1 aliphatic heterocycles. The van der Waals surface area contributed by atoms with Crippen molar-refractivity contribution >= 4 is 17.3 Å². The molecule has 3 rings (SSSR count).